The lowest BCUT2D eigenvalue weighted by molar-refractivity contribution is -0.143. The predicted octanol–water partition coefficient (Wildman–Crippen LogP) is 3.04. The quantitative estimate of drug-likeness (QED) is 0.344. The first kappa shape index (κ1) is 23.2. The van der Waals surface area contributed by atoms with E-state index in [-0.39, 0.29) is 24.0 Å². The van der Waals surface area contributed by atoms with Crippen molar-refractivity contribution in [3.63, 3.8) is 0 Å². The molecular formula is C22H19ClN2O6S. The Morgan fingerprint density at radius 1 is 1.00 bits per heavy atom. The third-order valence-corrected chi connectivity index (χ3v) is 5.16. The maximum Gasteiger partial charge on any atom is 0.343 e. The second-order valence-electron chi connectivity index (χ2n) is 6.53. The number of nitrogens with zero attached hydrogens (tertiary/aromatic N) is 2. The van der Waals surface area contributed by atoms with Gasteiger partial charge in [-0.25, -0.2) is 4.79 Å². The van der Waals surface area contributed by atoms with Crippen LogP contribution in [0, 0.1) is 0 Å². The third kappa shape index (κ3) is 5.24. The highest BCUT2D eigenvalue weighted by Gasteiger charge is 2.40. The van der Waals surface area contributed by atoms with Crippen LogP contribution in [0.25, 0.3) is 6.08 Å². The van der Waals surface area contributed by atoms with Gasteiger partial charge in [0.2, 0.25) is 0 Å². The van der Waals surface area contributed by atoms with Crippen molar-refractivity contribution in [3.8, 4) is 5.75 Å². The summed E-state index contributed by atoms with van der Waals surface area (Å²) in [6.45, 7) is -0.441. The highest BCUT2D eigenvalue weighted by atomic mass is 35.5. The number of hydrogen-bond acceptors (Lipinski definition) is 7. The molecule has 0 bridgehead atoms. The van der Waals surface area contributed by atoms with Crippen LogP contribution in [0.1, 0.15) is 5.56 Å². The fraction of sp³-hybridized carbons (Fsp3) is 0.182. The van der Waals surface area contributed by atoms with Gasteiger partial charge < -0.3 is 19.1 Å². The highest BCUT2D eigenvalue weighted by Crippen LogP contribution is 2.30. The van der Waals surface area contributed by atoms with Crippen molar-refractivity contribution >= 4 is 58.5 Å². The Morgan fingerprint density at radius 3 is 2.22 bits per heavy atom. The standard InChI is InChI=1S/C22H19ClN2O6S/c1-29-19(26)12-24-18(11-14-3-9-17(10-4-14)31-13-20(27)30-2)21(28)25(22(24)32)16-7-5-15(23)6-8-16/h3-11H,12-13H2,1-2H3/b18-11-. The van der Waals surface area contributed by atoms with Crippen LogP contribution in [0.3, 0.4) is 0 Å². The molecule has 1 aliphatic heterocycles. The van der Waals surface area contributed by atoms with Gasteiger partial charge in [0.05, 0.1) is 19.9 Å². The molecule has 166 valence electrons. The average Bonchev–Trinajstić information content (AvgIpc) is 3.02. The predicted molar refractivity (Wildman–Crippen MR) is 122 cm³/mol. The molecule has 32 heavy (non-hydrogen) atoms. The zero-order valence-electron chi connectivity index (χ0n) is 17.2. The minimum Gasteiger partial charge on any atom is -0.482 e. The molecule has 1 fully saturated rings. The third-order valence-electron chi connectivity index (χ3n) is 4.50. The van der Waals surface area contributed by atoms with E-state index in [2.05, 4.69) is 4.74 Å². The van der Waals surface area contributed by atoms with Crippen molar-refractivity contribution in [1.29, 1.82) is 0 Å². The summed E-state index contributed by atoms with van der Waals surface area (Å²) in [6.07, 6.45) is 1.61. The van der Waals surface area contributed by atoms with Crippen LogP contribution in [0.5, 0.6) is 5.75 Å². The molecule has 0 atom stereocenters. The number of hydrogen-bond donors (Lipinski definition) is 0. The van der Waals surface area contributed by atoms with Crippen molar-refractivity contribution < 1.29 is 28.6 Å². The molecule has 0 spiro atoms. The number of methoxy groups -OCH3 is 2. The van der Waals surface area contributed by atoms with Crippen molar-refractivity contribution in [1.82, 2.24) is 4.90 Å². The number of benzene rings is 2. The van der Waals surface area contributed by atoms with E-state index in [9.17, 15) is 14.4 Å². The Hall–Kier alpha value is -3.43. The minimum atomic E-state index is -0.546. The lowest BCUT2D eigenvalue weighted by Crippen LogP contribution is -2.35. The molecule has 3 rings (SSSR count). The van der Waals surface area contributed by atoms with E-state index in [4.69, 9.17) is 33.3 Å². The van der Waals surface area contributed by atoms with Gasteiger partial charge in [-0.2, -0.15) is 0 Å². The number of amides is 1. The van der Waals surface area contributed by atoms with Gasteiger partial charge in [-0.3, -0.25) is 14.5 Å². The van der Waals surface area contributed by atoms with E-state index in [1.54, 1.807) is 54.6 Å². The van der Waals surface area contributed by atoms with Crippen LogP contribution in [0.2, 0.25) is 5.02 Å². The number of anilines is 1. The van der Waals surface area contributed by atoms with Crippen LogP contribution < -0.4 is 9.64 Å². The van der Waals surface area contributed by atoms with E-state index in [1.165, 1.54) is 24.0 Å². The molecule has 10 heteroatoms. The van der Waals surface area contributed by atoms with Gasteiger partial charge in [0.15, 0.2) is 11.7 Å². The molecule has 0 radical (unpaired) electrons. The van der Waals surface area contributed by atoms with E-state index >= 15 is 0 Å². The van der Waals surface area contributed by atoms with Crippen molar-refractivity contribution in [2.45, 2.75) is 0 Å². The molecule has 1 aliphatic rings. The minimum absolute atomic E-state index is 0.145. The summed E-state index contributed by atoms with van der Waals surface area (Å²) in [4.78, 5) is 39.1. The molecule has 8 nitrogen and oxygen atoms in total. The summed E-state index contributed by atoms with van der Waals surface area (Å²) in [5, 5.41) is 0.662. The first-order valence-electron chi connectivity index (χ1n) is 9.33. The van der Waals surface area contributed by atoms with Crippen LogP contribution >= 0.6 is 23.8 Å². The summed E-state index contributed by atoms with van der Waals surface area (Å²) in [5.41, 5.74) is 1.39. The fourth-order valence-electron chi connectivity index (χ4n) is 2.86. The average molecular weight is 475 g/mol. The number of carbonyl (C=O) groups excluding carboxylic acids is 3. The summed E-state index contributed by atoms with van der Waals surface area (Å²) >= 11 is 11.4. The zero-order valence-corrected chi connectivity index (χ0v) is 18.8. The molecule has 0 N–H and O–H groups in total. The molecule has 2 aromatic carbocycles. The fourth-order valence-corrected chi connectivity index (χ4v) is 3.34. The largest absolute Gasteiger partial charge is 0.482 e. The van der Waals surface area contributed by atoms with Crippen molar-refractivity contribution in [2.75, 3.05) is 32.3 Å². The van der Waals surface area contributed by atoms with E-state index < -0.39 is 17.8 Å². The Bertz CT molecular complexity index is 1070. The molecule has 0 saturated carbocycles. The van der Waals surface area contributed by atoms with Crippen LogP contribution in [0.15, 0.2) is 54.2 Å². The second-order valence-corrected chi connectivity index (χ2v) is 7.33. The van der Waals surface area contributed by atoms with E-state index in [0.717, 1.165) is 0 Å². The second kappa shape index (κ2) is 10.3. The van der Waals surface area contributed by atoms with Gasteiger partial charge in [0.1, 0.15) is 18.0 Å². The maximum absolute atomic E-state index is 13.2. The first-order valence-corrected chi connectivity index (χ1v) is 10.1. The topological polar surface area (TPSA) is 85.4 Å². The highest BCUT2D eigenvalue weighted by molar-refractivity contribution is 7.80. The van der Waals surface area contributed by atoms with Crippen molar-refractivity contribution in [3.05, 3.63) is 64.8 Å². The Kier molecular flexibility index (Phi) is 7.45. The van der Waals surface area contributed by atoms with E-state index in [1.807, 2.05) is 0 Å². The number of halogens is 1. The summed E-state index contributed by atoms with van der Waals surface area (Å²) in [6, 6.07) is 13.3. The Balaban J connectivity index is 1.90. The molecule has 2 aromatic rings. The van der Waals surface area contributed by atoms with Gasteiger partial charge in [-0.15, -0.1) is 0 Å². The Labute approximate surface area is 194 Å². The normalized spacial score (nSPS) is 14.7. The molecule has 0 unspecified atom stereocenters. The van der Waals surface area contributed by atoms with Gasteiger partial charge in [-0.1, -0.05) is 23.7 Å². The molecule has 0 aliphatic carbocycles. The number of rotatable bonds is 7. The first-order chi connectivity index (χ1) is 15.3. The summed E-state index contributed by atoms with van der Waals surface area (Å²) < 4.78 is 14.6. The van der Waals surface area contributed by atoms with Crippen molar-refractivity contribution in [2.24, 2.45) is 0 Å². The van der Waals surface area contributed by atoms with Crippen LogP contribution in [-0.4, -0.2) is 55.2 Å². The molecule has 1 saturated heterocycles. The maximum atomic E-state index is 13.2. The van der Waals surface area contributed by atoms with Crippen LogP contribution in [-0.2, 0) is 23.9 Å². The lowest BCUT2D eigenvalue weighted by atomic mass is 10.1. The zero-order chi connectivity index (χ0) is 23.3. The monoisotopic (exact) mass is 474 g/mol. The summed E-state index contributed by atoms with van der Waals surface area (Å²) in [7, 11) is 2.54. The molecular weight excluding hydrogens is 456 g/mol. The number of carbonyl (C=O) groups is 3. The SMILES string of the molecule is COC(=O)COc1ccc(/C=C2/C(=O)N(c3ccc(Cl)cc3)C(=S)N2CC(=O)OC)cc1. The smallest absolute Gasteiger partial charge is 0.343 e. The Morgan fingerprint density at radius 2 is 1.62 bits per heavy atom. The lowest BCUT2D eigenvalue weighted by Gasteiger charge is -2.19. The summed E-state index contributed by atoms with van der Waals surface area (Å²) in [5.74, 6) is -0.982. The van der Waals surface area contributed by atoms with Gasteiger partial charge in [0.25, 0.3) is 5.91 Å². The van der Waals surface area contributed by atoms with Crippen LogP contribution in [0.4, 0.5) is 5.69 Å². The molecule has 1 amide bonds. The van der Waals surface area contributed by atoms with E-state index in [0.29, 0.717) is 22.0 Å². The van der Waals surface area contributed by atoms with Gasteiger partial charge >= 0.3 is 11.9 Å². The van der Waals surface area contributed by atoms with Gasteiger partial charge in [0, 0.05) is 5.02 Å². The number of esters is 2. The number of thiocarbonyl (C=S) groups is 1. The number of ether oxygens (including phenoxy) is 3. The molecule has 0 aromatic heterocycles. The molecule has 1 heterocycles. The van der Waals surface area contributed by atoms with Gasteiger partial charge in [-0.05, 0) is 60.3 Å².